The molecule has 2 aromatic carbocycles. The minimum atomic E-state index is -0.486. The number of benzene rings is 2. The maximum atomic E-state index is 12.4. The van der Waals surface area contributed by atoms with Crippen LogP contribution < -0.4 is 15.7 Å². The summed E-state index contributed by atoms with van der Waals surface area (Å²) < 4.78 is 6.85. The lowest BCUT2D eigenvalue weighted by molar-refractivity contribution is 0.101. The zero-order chi connectivity index (χ0) is 19.8. The highest BCUT2D eigenvalue weighted by Crippen LogP contribution is 2.16. The molecule has 146 valence electrons. The summed E-state index contributed by atoms with van der Waals surface area (Å²) in [5.41, 5.74) is 0.713. The van der Waals surface area contributed by atoms with E-state index in [2.05, 4.69) is 22.3 Å². The SMILES string of the molecule is CCCCCCOc1ccc(NC(=O)c2nn(-c3ccccc3)c(=O)[nH]2)cc1. The first-order chi connectivity index (χ1) is 13.7. The Hall–Kier alpha value is -3.35. The number of carbonyl (C=O) groups is 1. The predicted octanol–water partition coefficient (Wildman–Crippen LogP) is 3.77. The third-order valence-corrected chi connectivity index (χ3v) is 4.21. The summed E-state index contributed by atoms with van der Waals surface area (Å²) in [5, 5.41) is 6.79. The van der Waals surface area contributed by atoms with Crippen molar-refractivity contribution in [3.05, 3.63) is 70.9 Å². The molecule has 2 N–H and O–H groups in total. The molecule has 0 aliphatic rings. The van der Waals surface area contributed by atoms with Crippen LogP contribution in [0.3, 0.4) is 0 Å². The van der Waals surface area contributed by atoms with Gasteiger partial charge in [0.15, 0.2) is 0 Å². The van der Waals surface area contributed by atoms with Gasteiger partial charge in [0.2, 0.25) is 5.82 Å². The van der Waals surface area contributed by atoms with Gasteiger partial charge in [0.25, 0.3) is 5.91 Å². The lowest BCUT2D eigenvalue weighted by Gasteiger charge is -2.07. The van der Waals surface area contributed by atoms with Crippen molar-refractivity contribution < 1.29 is 9.53 Å². The van der Waals surface area contributed by atoms with E-state index in [9.17, 15) is 9.59 Å². The summed E-state index contributed by atoms with van der Waals surface area (Å²) in [6, 6.07) is 16.0. The van der Waals surface area contributed by atoms with Crippen LogP contribution in [0.4, 0.5) is 5.69 Å². The first-order valence-electron chi connectivity index (χ1n) is 9.46. The third-order valence-electron chi connectivity index (χ3n) is 4.21. The molecule has 0 saturated carbocycles. The zero-order valence-corrected chi connectivity index (χ0v) is 15.9. The largest absolute Gasteiger partial charge is 0.494 e. The Balaban J connectivity index is 1.58. The van der Waals surface area contributed by atoms with E-state index < -0.39 is 11.6 Å². The molecule has 0 radical (unpaired) electrons. The number of nitrogens with zero attached hydrogens (tertiary/aromatic N) is 2. The number of anilines is 1. The molecular formula is C21H24N4O3. The van der Waals surface area contributed by atoms with E-state index in [1.165, 1.54) is 19.3 Å². The Morgan fingerprint density at radius 3 is 2.54 bits per heavy atom. The predicted molar refractivity (Wildman–Crippen MR) is 108 cm³/mol. The van der Waals surface area contributed by atoms with Gasteiger partial charge in [0.05, 0.1) is 12.3 Å². The van der Waals surface area contributed by atoms with E-state index in [0.29, 0.717) is 18.0 Å². The maximum absolute atomic E-state index is 12.4. The Labute approximate surface area is 163 Å². The molecule has 1 amide bonds. The molecule has 1 heterocycles. The Morgan fingerprint density at radius 2 is 1.82 bits per heavy atom. The van der Waals surface area contributed by atoms with Crippen molar-refractivity contribution in [2.75, 3.05) is 11.9 Å². The van der Waals surface area contributed by atoms with E-state index in [0.717, 1.165) is 16.9 Å². The monoisotopic (exact) mass is 380 g/mol. The molecule has 1 aromatic heterocycles. The lowest BCUT2D eigenvalue weighted by Crippen LogP contribution is -2.15. The second kappa shape index (κ2) is 9.55. The molecule has 0 spiro atoms. The molecule has 0 unspecified atom stereocenters. The van der Waals surface area contributed by atoms with Crippen molar-refractivity contribution in [1.82, 2.24) is 14.8 Å². The van der Waals surface area contributed by atoms with E-state index in [-0.39, 0.29) is 5.82 Å². The molecule has 28 heavy (non-hydrogen) atoms. The number of para-hydroxylation sites is 1. The Kier molecular flexibility index (Phi) is 6.62. The molecule has 7 nitrogen and oxygen atoms in total. The fourth-order valence-electron chi connectivity index (χ4n) is 2.71. The highest BCUT2D eigenvalue weighted by atomic mass is 16.5. The van der Waals surface area contributed by atoms with Crippen molar-refractivity contribution in [2.45, 2.75) is 32.6 Å². The molecule has 0 saturated heterocycles. The van der Waals surface area contributed by atoms with E-state index in [4.69, 9.17) is 4.74 Å². The van der Waals surface area contributed by atoms with Crippen LogP contribution in [0.15, 0.2) is 59.4 Å². The summed E-state index contributed by atoms with van der Waals surface area (Å²) in [7, 11) is 0. The quantitative estimate of drug-likeness (QED) is 0.553. The first-order valence-corrected chi connectivity index (χ1v) is 9.46. The number of aromatic amines is 1. The Morgan fingerprint density at radius 1 is 1.07 bits per heavy atom. The van der Waals surface area contributed by atoms with Crippen molar-refractivity contribution in [1.29, 1.82) is 0 Å². The van der Waals surface area contributed by atoms with Gasteiger partial charge in [-0.2, -0.15) is 4.68 Å². The third kappa shape index (κ3) is 5.09. The van der Waals surface area contributed by atoms with E-state index >= 15 is 0 Å². The second-order valence-corrected chi connectivity index (χ2v) is 6.41. The molecule has 0 aliphatic heterocycles. The van der Waals surface area contributed by atoms with Crippen LogP contribution in [0.1, 0.15) is 43.2 Å². The number of nitrogens with one attached hydrogen (secondary N) is 2. The number of ether oxygens (including phenoxy) is 1. The zero-order valence-electron chi connectivity index (χ0n) is 15.9. The normalized spacial score (nSPS) is 10.6. The number of aromatic nitrogens is 3. The van der Waals surface area contributed by atoms with Gasteiger partial charge in [-0.15, -0.1) is 5.10 Å². The maximum Gasteiger partial charge on any atom is 0.348 e. The number of hydrogen-bond acceptors (Lipinski definition) is 4. The number of rotatable bonds is 9. The van der Waals surface area contributed by atoms with Crippen LogP contribution in [0.2, 0.25) is 0 Å². The topological polar surface area (TPSA) is 89.0 Å². The van der Waals surface area contributed by atoms with Gasteiger partial charge in [0, 0.05) is 5.69 Å². The summed E-state index contributed by atoms with van der Waals surface area (Å²) in [6.45, 7) is 2.86. The van der Waals surface area contributed by atoms with E-state index in [1.807, 2.05) is 6.07 Å². The summed E-state index contributed by atoms with van der Waals surface area (Å²) in [5.74, 6) is 0.223. The fourth-order valence-corrected chi connectivity index (χ4v) is 2.71. The second-order valence-electron chi connectivity index (χ2n) is 6.41. The average Bonchev–Trinajstić information content (AvgIpc) is 3.11. The summed E-state index contributed by atoms with van der Waals surface area (Å²) in [4.78, 5) is 26.9. The van der Waals surface area contributed by atoms with Crippen molar-refractivity contribution in [3.63, 3.8) is 0 Å². The standard InChI is InChI=1S/C21H24N4O3/c1-2-3-4-8-15-28-18-13-11-16(12-14-18)22-20(26)19-23-21(27)25(24-19)17-9-6-5-7-10-17/h5-7,9-14H,2-4,8,15H2,1H3,(H,22,26)(H,23,24,27). The number of carbonyl (C=O) groups excluding carboxylic acids is 1. The van der Waals surface area contributed by atoms with Crippen LogP contribution in [0.25, 0.3) is 5.69 Å². The molecule has 0 atom stereocenters. The van der Waals surface area contributed by atoms with Crippen LogP contribution in [-0.4, -0.2) is 27.3 Å². The van der Waals surface area contributed by atoms with Crippen molar-refractivity contribution in [3.8, 4) is 11.4 Å². The minimum absolute atomic E-state index is 0.0508. The lowest BCUT2D eigenvalue weighted by atomic mass is 10.2. The van der Waals surface area contributed by atoms with Gasteiger partial charge < -0.3 is 10.1 Å². The van der Waals surface area contributed by atoms with Crippen LogP contribution in [0.5, 0.6) is 5.75 Å². The van der Waals surface area contributed by atoms with Gasteiger partial charge in [0.1, 0.15) is 5.75 Å². The number of H-pyrrole nitrogens is 1. The number of amides is 1. The molecule has 3 rings (SSSR count). The molecule has 3 aromatic rings. The van der Waals surface area contributed by atoms with Crippen LogP contribution in [-0.2, 0) is 0 Å². The number of unbranched alkanes of at least 4 members (excludes halogenated alkanes) is 3. The molecule has 7 heteroatoms. The van der Waals surface area contributed by atoms with Gasteiger partial charge in [-0.25, -0.2) is 4.79 Å². The summed E-state index contributed by atoms with van der Waals surface area (Å²) >= 11 is 0. The summed E-state index contributed by atoms with van der Waals surface area (Å²) in [6.07, 6.45) is 4.61. The molecular weight excluding hydrogens is 356 g/mol. The van der Waals surface area contributed by atoms with Crippen LogP contribution >= 0.6 is 0 Å². The van der Waals surface area contributed by atoms with Gasteiger partial charge in [-0.05, 0) is 42.8 Å². The van der Waals surface area contributed by atoms with Gasteiger partial charge >= 0.3 is 5.69 Å². The van der Waals surface area contributed by atoms with Gasteiger partial charge in [-0.1, -0.05) is 44.4 Å². The highest BCUT2D eigenvalue weighted by molar-refractivity contribution is 6.01. The molecule has 0 bridgehead atoms. The minimum Gasteiger partial charge on any atom is -0.494 e. The number of hydrogen-bond donors (Lipinski definition) is 2. The first kappa shape index (κ1) is 19.4. The van der Waals surface area contributed by atoms with Crippen molar-refractivity contribution in [2.24, 2.45) is 0 Å². The van der Waals surface area contributed by atoms with Gasteiger partial charge in [-0.3, -0.25) is 9.78 Å². The fraction of sp³-hybridized carbons (Fsp3) is 0.286. The molecule has 0 fully saturated rings. The Bertz CT molecular complexity index is 946. The van der Waals surface area contributed by atoms with E-state index in [1.54, 1.807) is 48.5 Å². The molecule has 0 aliphatic carbocycles. The van der Waals surface area contributed by atoms with Crippen LogP contribution in [0, 0.1) is 0 Å². The smallest absolute Gasteiger partial charge is 0.348 e. The average molecular weight is 380 g/mol. The van der Waals surface area contributed by atoms with Crippen molar-refractivity contribution >= 4 is 11.6 Å². The highest BCUT2D eigenvalue weighted by Gasteiger charge is 2.14.